The van der Waals surface area contributed by atoms with Crippen LogP contribution in [0.2, 0.25) is 0 Å². The van der Waals surface area contributed by atoms with Crippen molar-refractivity contribution in [3.63, 3.8) is 0 Å². The molecule has 0 atom stereocenters. The van der Waals surface area contributed by atoms with Gasteiger partial charge in [-0.15, -0.1) is 0 Å². The molecule has 0 unspecified atom stereocenters. The first-order valence-corrected chi connectivity index (χ1v) is 6.99. The monoisotopic (exact) mass is 238 g/mol. The van der Waals surface area contributed by atoms with Crippen LogP contribution < -0.4 is 0 Å². The highest BCUT2D eigenvalue weighted by atomic mass is 16.7. The second-order valence-electron chi connectivity index (χ2n) is 6.34. The Morgan fingerprint density at radius 2 is 1.88 bits per heavy atom. The van der Waals surface area contributed by atoms with E-state index < -0.39 is 0 Å². The van der Waals surface area contributed by atoms with Gasteiger partial charge in [0.1, 0.15) is 5.60 Å². The topological polar surface area (TPSA) is 24.8 Å². The average Bonchev–Trinajstić information content (AvgIpc) is 2.61. The van der Waals surface area contributed by atoms with E-state index in [1.165, 1.54) is 5.71 Å². The van der Waals surface area contributed by atoms with Crippen molar-refractivity contribution in [3.05, 3.63) is 0 Å². The fraction of sp³-hybridized carbons (Fsp3) is 0.929. The number of hydrogen-bond donors (Lipinski definition) is 0. The maximum atomic E-state index is 5.78. The Morgan fingerprint density at radius 3 is 2.41 bits per heavy atom. The summed E-state index contributed by atoms with van der Waals surface area (Å²) in [6.45, 7) is 11.3. The van der Waals surface area contributed by atoms with Crippen LogP contribution >= 0.6 is 0 Å². The number of rotatable bonds is 3. The van der Waals surface area contributed by atoms with Gasteiger partial charge in [-0.3, -0.25) is 0 Å². The fourth-order valence-corrected chi connectivity index (χ4v) is 2.89. The third-order valence-electron chi connectivity index (χ3n) is 3.98. The molecular formula is C14H26N2O. The number of oxime groups is 1. The molecule has 3 heteroatoms. The van der Waals surface area contributed by atoms with Crippen molar-refractivity contribution in [1.82, 2.24) is 4.90 Å². The van der Waals surface area contributed by atoms with Crippen LogP contribution in [0.25, 0.3) is 0 Å². The predicted octanol–water partition coefficient (Wildman–Crippen LogP) is 3.05. The Hall–Kier alpha value is -0.570. The maximum Gasteiger partial charge on any atom is 0.145 e. The van der Waals surface area contributed by atoms with E-state index in [4.69, 9.17) is 4.84 Å². The quantitative estimate of drug-likeness (QED) is 0.755. The van der Waals surface area contributed by atoms with E-state index in [-0.39, 0.29) is 5.60 Å². The van der Waals surface area contributed by atoms with E-state index in [0.717, 1.165) is 38.8 Å². The molecule has 3 nitrogen and oxygen atoms in total. The number of hydrogen-bond acceptors (Lipinski definition) is 3. The number of likely N-dealkylation sites (tertiary alicyclic amines) is 1. The van der Waals surface area contributed by atoms with Gasteiger partial charge in [0.15, 0.2) is 0 Å². The normalized spacial score (nSPS) is 24.5. The summed E-state index contributed by atoms with van der Waals surface area (Å²) in [5, 5.41) is 4.32. The molecule has 0 aromatic heterocycles. The third-order valence-corrected chi connectivity index (χ3v) is 3.98. The van der Waals surface area contributed by atoms with Gasteiger partial charge in [-0.25, -0.2) is 0 Å². The minimum atomic E-state index is 0.0512. The molecule has 2 rings (SSSR count). The summed E-state index contributed by atoms with van der Waals surface area (Å²) >= 11 is 0. The van der Waals surface area contributed by atoms with Crippen molar-refractivity contribution in [2.24, 2.45) is 11.1 Å². The predicted molar refractivity (Wildman–Crippen MR) is 71.3 cm³/mol. The van der Waals surface area contributed by atoms with Gasteiger partial charge in [0.05, 0.1) is 5.71 Å². The highest BCUT2D eigenvalue weighted by Gasteiger charge is 2.42. The van der Waals surface area contributed by atoms with Gasteiger partial charge in [-0.1, -0.05) is 19.0 Å². The zero-order chi connectivity index (χ0) is 12.5. The first kappa shape index (κ1) is 12.9. The third kappa shape index (κ3) is 3.01. The summed E-state index contributed by atoms with van der Waals surface area (Å²) in [6, 6.07) is 0.657. The van der Waals surface area contributed by atoms with Crippen LogP contribution in [0.15, 0.2) is 5.16 Å². The van der Waals surface area contributed by atoms with Crippen LogP contribution in [0.3, 0.4) is 0 Å². The lowest BCUT2D eigenvalue weighted by molar-refractivity contribution is -0.0656. The van der Waals surface area contributed by atoms with Crippen molar-refractivity contribution in [1.29, 1.82) is 0 Å². The molecule has 0 amide bonds. The van der Waals surface area contributed by atoms with Crippen LogP contribution in [0.5, 0.6) is 0 Å². The molecule has 2 aliphatic heterocycles. The van der Waals surface area contributed by atoms with Crippen molar-refractivity contribution < 1.29 is 4.84 Å². The minimum Gasteiger partial charge on any atom is -0.389 e. The van der Waals surface area contributed by atoms with Gasteiger partial charge in [0.25, 0.3) is 0 Å². The zero-order valence-electron chi connectivity index (χ0n) is 11.7. The molecule has 0 N–H and O–H groups in total. The van der Waals surface area contributed by atoms with Crippen LogP contribution in [0.4, 0.5) is 0 Å². The Labute approximate surface area is 105 Å². The number of nitrogens with zero attached hydrogens (tertiary/aromatic N) is 2. The molecule has 17 heavy (non-hydrogen) atoms. The van der Waals surface area contributed by atoms with Crippen molar-refractivity contribution >= 4 is 5.71 Å². The molecule has 0 aliphatic carbocycles. The fourth-order valence-electron chi connectivity index (χ4n) is 2.89. The lowest BCUT2D eigenvalue weighted by Crippen LogP contribution is -2.46. The molecule has 2 heterocycles. The van der Waals surface area contributed by atoms with E-state index in [1.54, 1.807) is 0 Å². The lowest BCUT2D eigenvalue weighted by Gasteiger charge is -2.39. The van der Waals surface area contributed by atoms with Crippen LogP contribution in [0, 0.1) is 5.92 Å². The molecule has 0 aromatic rings. The second kappa shape index (κ2) is 4.97. The van der Waals surface area contributed by atoms with Crippen LogP contribution in [-0.2, 0) is 4.84 Å². The Morgan fingerprint density at radius 1 is 1.24 bits per heavy atom. The van der Waals surface area contributed by atoms with E-state index in [1.807, 2.05) is 0 Å². The first-order chi connectivity index (χ1) is 8.01. The van der Waals surface area contributed by atoms with Gasteiger partial charge in [0, 0.05) is 38.4 Å². The minimum absolute atomic E-state index is 0.0512. The van der Waals surface area contributed by atoms with Gasteiger partial charge < -0.3 is 9.74 Å². The summed E-state index contributed by atoms with van der Waals surface area (Å²) in [4.78, 5) is 8.32. The van der Waals surface area contributed by atoms with E-state index in [0.29, 0.717) is 12.0 Å². The summed E-state index contributed by atoms with van der Waals surface area (Å²) in [5.74, 6) is 0.684. The molecule has 98 valence electrons. The highest BCUT2D eigenvalue weighted by molar-refractivity contribution is 5.86. The molecule has 0 saturated carbocycles. The van der Waals surface area contributed by atoms with Crippen molar-refractivity contribution in [3.8, 4) is 0 Å². The van der Waals surface area contributed by atoms with Crippen LogP contribution in [-0.4, -0.2) is 35.3 Å². The molecular weight excluding hydrogens is 212 g/mol. The maximum absolute atomic E-state index is 5.78. The van der Waals surface area contributed by atoms with E-state index >= 15 is 0 Å². The largest absolute Gasteiger partial charge is 0.389 e. The smallest absolute Gasteiger partial charge is 0.145 e. The van der Waals surface area contributed by atoms with Crippen molar-refractivity contribution in [2.45, 2.75) is 65.0 Å². The Bertz CT molecular complexity index is 289. The SMILES string of the molecule is CC(C)CC1=NOC2(CCN(C(C)C)CC2)C1. The van der Waals surface area contributed by atoms with Crippen LogP contribution in [0.1, 0.15) is 53.4 Å². The molecule has 0 aromatic carbocycles. The van der Waals surface area contributed by atoms with Gasteiger partial charge >= 0.3 is 0 Å². The zero-order valence-corrected chi connectivity index (χ0v) is 11.7. The van der Waals surface area contributed by atoms with E-state index in [9.17, 15) is 0 Å². The molecule has 1 saturated heterocycles. The van der Waals surface area contributed by atoms with E-state index in [2.05, 4.69) is 37.8 Å². The Balaban J connectivity index is 1.85. The summed E-state index contributed by atoms with van der Waals surface area (Å²) in [6.07, 6.45) is 4.43. The van der Waals surface area contributed by atoms with Gasteiger partial charge in [-0.05, 0) is 26.2 Å². The van der Waals surface area contributed by atoms with Gasteiger partial charge in [0.2, 0.25) is 0 Å². The number of piperidine rings is 1. The molecule has 0 radical (unpaired) electrons. The first-order valence-electron chi connectivity index (χ1n) is 6.99. The molecule has 1 spiro atoms. The Kier molecular flexibility index (Phi) is 3.76. The molecule has 1 fully saturated rings. The standard InChI is InChI=1S/C14H26N2O/c1-11(2)9-13-10-14(17-15-13)5-7-16(8-6-14)12(3)4/h11-12H,5-10H2,1-4H3. The summed E-state index contributed by atoms with van der Waals surface area (Å²) in [5.41, 5.74) is 1.33. The highest BCUT2D eigenvalue weighted by Crippen LogP contribution is 2.36. The lowest BCUT2D eigenvalue weighted by atomic mass is 9.85. The molecule has 2 aliphatic rings. The summed E-state index contributed by atoms with van der Waals surface area (Å²) in [7, 11) is 0. The van der Waals surface area contributed by atoms with Gasteiger partial charge in [-0.2, -0.15) is 0 Å². The molecule has 0 bridgehead atoms. The summed E-state index contributed by atoms with van der Waals surface area (Å²) < 4.78 is 0. The van der Waals surface area contributed by atoms with Crippen molar-refractivity contribution in [2.75, 3.05) is 13.1 Å². The second-order valence-corrected chi connectivity index (χ2v) is 6.34. The average molecular weight is 238 g/mol.